The van der Waals surface area contributed by atoms with Gasteiger partial charge in [-0.25, -0.2) is 13.5 Å². The average molecular weight is 363 g/mol. The number of aryl methyl sites for hydroxylation is 1. The van der Waals surface area contributed by atoms with Gasteiger partial charge < -0.3 is 5.32 Å². The maximum absolute atomic E-state index is 13.4. The topological polar surface area (TPSA) is 34.4 Å². The van der Waals surface area contributed by atoms with Crippen LogP contribution < -0.4 is 5.32 Å². The third-order valence-electron chi connectivity index (χ3n) is 4.27. The van der Waals surface area contributed by atoms with Gasteiger partial charge in [-0.3, -0.25) is 0 Å². The Labute approximate surface area is 150 Å². The van der Waals surface area contributed by atoms with Crippen molar-refractivity contribution in [2.75, 3.05) is 0 Å². The van der Waals surface area contributed by atoms with Crippen molar-refractivity contribution in [2.45, 2.75) is 26.4 Å². The molecule has 0 aliphatic heterocycles. The number of benzene rings is 2. The summed E-state index contributed by atoms with van der Waals surface area (Å²) in [7, 11) is 0. The molecular weight excluding hydrogens is 344 g/mol. The molecule has 0 unspecified atom stereocenters. The van der Waals surface area contributed by atoms with Crippen molar-refractivity contribution in [3.8, 4) is 5.69 Å². The summed E-state index contributed by atoms with van der Waals surface area (Å²) in [6.07, 6.45) is 0. The first-order chi connectivity index (χ1) is 12.0. The number of hydrogen-bond donors (Lipinski definition) is 1. The van der Waals surface area contributed by atoms with E-state index < -0.39 is 11.6 Å². The molecule has 3 nitrogen and oxygen atoms in total. The second-order valence-electron chi connectivity index (χ2n) is 6.00. The summed E-state index contributed by atoms with van der Waals surface area (Å²) in [4.78, 5) is 0. The Kier molecular flexibility index (Phi) is 5.16. The van der Waals surface area contributed by atoms with Crippen LogP contribution in [0.25, 0.3) is 5.69 Å². The number of nitrogens with two attached hydrogens (primary N) is 1. The Balaban J connectivity index is 1.77. The van der Waals surface area contributed by atoms with Crippen LogP contribution in [0.5, 0.6) is 0 Å². The van der Waals surface area contributed by atoms with Crippen molar-refractivity contribution in [2.24, 2.45) is 0 Å². The highest BCUT2D eigenvalue weighted by Crippen LogP contribution is 2.23. The van der Waals surface area contributed by atoms with Crippen molar-refractivity contribution >= 4 is 11.6 Å². The third-order valence-corrected chi connectivity index (χ3v) is 4.66. The molecule has 3 rings (SSSR count). The molecule has 6 heteroatoms. The summed E-state index contributed by atoms with van der Waals surface area (Å²) < 4.78 is 28.2. The highest BCUT2D eigenvalue weighted by atomic mass is 35.5. The van der Waals surface area contributed by atoms with Gasteiger partial charge in [-0.2, -0.15) is 5.10 Å². The van der Waals surface area contributed by atoms with Crippen LogP contribution in [0.4, 0.5) is 8.78 Å². The Morgan fingerprint density at radius 3 is 2.52 bits per heavy atom. The second kappa shape index (κ2) is 7.33. The van der Waals surface area contributed by atoms with Gasteiger partial charge >= 0.3 is 0 Å². The molecule has 0 bridgehead atoms. The molecule has 2 N–H and O–H groups in total. The fourth-order valence-corrected chi connectivity index (χ4v) is 3.08. The minimum absolute atomic E-state index is 0.0364. The monoisotopic (exact) mass is 362 g/mol. The van der Waals surface area contributed by atoms with Crippen molar-refractivity contribution in [1.82, 2.24) is 9.78 Å². The zero-order chi connectivity index (χ0) is 18.0. The molecule has 0 aliphatic carbocycles. The fourth-order valence-electron chi connectivity index (χ4n) is 2.73. The second-order valence-corrected chi connectivity index (χ2v) is 6.36. The molecule has 0 spiro atoms. The fraction of sp³-hybridized carbons (Fsp3) is 0.211. The average Bonchev–Trinajstić information content (AvgIpc) is 2.90. The first-order valence-corrected chi connectivity index (χ1v) is 8.43. The zero-order valence-electron chi connectivity index (χ0n) is 14.0. The van der Waals surface area contributed by atoms with E-state index in [-0.39, 0.29) is 6.04 Å². The van der Waals surface area contributed by atoms with E-state index in [1.165, 1.54) is 6.07 Å². The van der Waals surface area contributed by atoms with Gasteiger partial charge in [0.15, 0.2) is 11.6 Å². The summed E-state index contributed by atoms with van der Waals surface area (Å²) in [6, 6.07) is 13.6. The first kappa shape index (κ1) is 17.6. The Morgan fingerprint density at radius 1 is 1.12 bits per heavy atom. The van der Waals surface area contributed by atoms with Gasteiger partial charge in [0.2, 0.25) is 0 Å². The summed E-state index contributed by atoms with van der Waals surface area (Å²) in [6.45, 7) is 4.45. The van der Waals surface area contributed by atoms with E-state index in [9.17, 15) is 8.78 Å². The normalized spacial score (nSPS) is 12.4. The number of nitrogens with zero attached hydrogens (tertiary/aromatic N) is 2. The van der Waals surface area contributed by atoms with Crippen LogP contribution in [-0.2, 0) is 6.54 Å². The van der Waals surface area contributed by atoms with Crippen molar-refractivity contribution in [3.05, 3.63) is 82.1 Å². The van der Waals surface area contributed by atoms with Crippen molar-refractivity contribution in [3.63, 3.8) is 0 Å². The standard InChI is InChI=1S/C19H18ClF2N3/c1-12(14-8-9-17(21)18(22)10-14)23-11-16-13(2)24-25(19(16)20)15-6-4-3-5-7-15/h3-10,12,23H,11H2,1-2H3/p+1/t12-/m0/s1. The van der Waals surface area contributed by atoms with Crippen LogP contribution in [-0.4, -0.2) is 9.78 Å². The molecule has 3 aromatic rings. The third kappa shape index (κ3) is 3.72. The van der Waals surface area contributed by atoms with E-state index in [1.54, 1.807) is 10.7 Å². The van der Waals surface area contributed by atoms with Gasteiger partial charge in [-0.15, -0.1) is 0 Å². The molecule has 1 heterocycles. The molecule has 25 heavy (non-hydrogen) atoms. The quantitative estimate of drug-likeness (QED) is 0.733. The van der Waals surface area contributed by atoms with Crippen LogP contribution >= 0.6 is 11.6 Å². The predicted octanol–water partition coefficient (Wildman–Crippen LogP) is 3.94. The number of para-hydroxylation sites is 1. The molecule has 0 radical (unpaired) electrons. The Hall–Kier alpha value is -2.24. The van der Waals surface area contributed by atoms with Gasteiger partial charge in [0, 0.05) is 5.56 Å². The predicted molar refractivity (Wildman–Crippen MR) is 93.7 cm³/mol. The van der Waals surface area contributed by atoms with Crippen LogP contribution in [0.15, 0.2) is 48.5 Å². The Morgan fingerprint density at radius 2 is 1.84 bits per heavy atom. The number of quaternary nitrogens is 1. The Bertz CT molecular complexity index is 878. The van der Waals surface area contributed by atoms with E-state index in [2.05, 4.69) is 5.10 Å². The minimum Gasteiger partial charge on any atom is -0.336 e. The highest BCUT2D eigenvalue weighted by Gasteiger charge is 2.18. The molecule has 0 amide bonds. The zero-order valence-corrected chi connectivity index (χ0v) is 14.8. The van der Waals surface area contributed by atoms with Crippen LogP contribution in [0.1, 0.15) is 29.8 Å². The molecule has 1 atom stereocenters. The summed E-state index contributed by atoms with van der Waals surface area (Å²) >= 11 is 6.51. The lowest BCUT2D eigenvalue weighted by atomic mass is 10.1. The molecule has 2 aromatic carbocycles. The maximum Gasteiger partial charge on any atom is 0.159 e. The summed E-state index contributed by atoms with van der Waals surface area (Å²) in [5, 5.41) is 7.10. The maximum atomic E-state index is 13.4. The highest BCUT2D eigenvalue weighted by molar-refractivity contribution is 6.30. The molecule has 0 fully saturated rings. The van der Waals surface area contributed by atoms with Gasteiger partial charge in [-0.1, -0.05) is 29.8 Å². The molecule has 0 saturated heterocycles. The van der Waals surface area contributed by atoms with Crippen molar-refractivity contribution in [1.29, 1.82) is 0 Å². The van der Waals surface area contributed by atoms with E-state index in [1.807, 2.05) is 49.5 Å². The number of halogens is 3. The van der Waals surface area contributed by atoms with Gasteiger partial charge in [0.25, 0.3) is 0 Å². The van der Waals surface area contributed by atoms with E-state index >= 15 is 0 Å². The van der Waals surface area contributed by atoms with E-state index in [0.717, 1.165) is 28.6 Å². The number of hydrogen-bond acceptors (Lipinski definition) is 1. The van der Waals surface area contributed by atoms with Gasteiger partial charge in [0.1, 0.15) is 17.7 Å². The first-order valence-electron chi connectivity index (χ1n) is 8.05. The van der Waals surface area contributed by atoms with Gasteiger partial charge in [0.05, 0.1) is 16.9 Å². The summed E-state index contributed by atoms with van der Waals surface area (Å²) in [5.74, 6) is -1.66. The smallest absolute Gasteiger partial charge is 0.159 e. The van der Waals surface area contributed by atoms with Gasteiger partial charge in [-0.05, 0) is 44.2 Å². The lowest BCUT2D eigenvalue weighted by Gasteiger charge is -2.11. The van der Waals surface area contributed by atoms with Crippen LogP contribution in [0.3, 0.4) is 0 Å². The SMILES string of the molecule is Cc1nn(-c2ccccc2)c(Cl)c1C[NH2+][C@@H](C)c1ccc(F)c(F)c1. The van der Waals surface area contributed by atoms with Crippen LogP contribution in [0.2, 0.25) is 5.15 Å². The molecule has 130 valence electrons. The molecule has 0 saturated carbocycles. The lowest BCUT2D eigenvalue weighted by Crippen LogP contribution is -2.83. The lowest BCUT2D eigenvalue weighted by molar-refractivity contribution is -0.708. The number of rotatable bonds is 5. The number of aromatic nitrogens is 2. The molecule has 0 aliphatic rings. The van der Waals surface area contributed by atoms with E-state index in [4.69, 9.17) is 11.6 Å². The van der Waals surface area contributed by atoms with Crippen molar-refractivity contribution < 1.29 is 14.1 Å². The van der Waals surface area contributed by atoms with Crippen LogP contribution in [0, 0.1) is 18.6 Å². The molecule has 1 aromatic heterocycles. The van der Waals surface area contributed by atoms with E-state index in [0.29, 0.717) is 11.7 Å². The summed E-state index contributed by atoms with van der Waals surface area (Å²) in [5.41, 5.74) is 3.40. The minimum atomic E-state index is -0.834. The molecular formula is C19H19ClF2N3+. The largest absolute Gasteiger partial charge is 0.336 e.